The van der Waals surface area contributed by atoms with Crippen LogP contribution in [0, 0.1) is 23.0 Å². The Morgan fingerprint density at radius 1 is 1.33 bits per heavy atom. The Labute approximate surface area is 83.8 Å². The third kappa shape index (κ3) is 1.36. The van der Waals surface area contributed by atoms with Crippen molar-refractivity contribution < 1.29 is 8.78 Å². The van der Waals surface area contributed by atoms with E-state index in [0.29, 0.717) is 6.07 Å². The van der Waals surface area contributed by atoms with Crippen LogP contribution in [0.3, 0.4) is 0 Å². The quantitative estimate of drug-likeness (QED) is 0.715. The summed E-state index contributed by atoms with van der Waals surface area (Å²) in [6, 6.07) is 3.56. The molecular weight excluding hydrogens is 200 g/mol. The van der Waals surface area contributed by atoms with Crippen LogP contribution in [0.15, 0.2) is 18.3 Å². The maximum Gasteiger partial charge on any atom is 0.137 e. The van der Waals surface area contributed by atoms with Crippen LogP contribution in [0.2, 0.25) is 0 Å². The molecule has 0 aliphatic heterocycles. The first-order valence-electron chi connectivity index (χ1n) is 4.07. The molecule has 0 saturated carbocycles. The molecule has 2 aromatic rings. The number of nitrogens with two attached hydrogens (primary N) is 1. The van der Waals surface area contributed by atoms with Crippen LogP contribution in [0.5, 0.6) is 0 Å². The van der Waals surface area contributed by atoms with Crippen LogP contribution in [0.25, 0.3) is 10.9 Å². The number of nitrogens with zero attached hydrogens (tertiary/aromatic N) is 2. The highest BCUT2D eigenvalue weighted by molar-refractivity contribution is 5.93. The van der Waals surface area contributed by atoms with Crippen LogP contribution >= 0.6 is 0 Å². The lowest BCUT2D eigenvalue weighted by Crippen LogP contribution is -1.97. The van der Waals surface area contributed by atoms with Crippen LogP contribution in [0.1, 0.15) is 5.56 Å². The van der Waals surface area contributed by atoms with Gasteiger partial charge in [0, 0.05) is 18.3 Å². The van der Waals surface area contributed by atoms with Crippen molar-refractivity contribution in [3.63, 3.8) is 0 Å². The minimum atomic E-state index is -0.813. The highest BCUT2D eigenvalue weighted by Gasteiger charge is 2.11. The Morgan fingerprint density at radius 2 is 2.07 bits per heavy atom. The van der Waals surface area contributed by atoms with Gasteiger partial charge in [-0.2, -0.15) is 5.26 Å². The Morgan fingerprint density at radius 3 is 2.73 bits per heavy atom. The number of hydrogen-bond acceptors (Lipinski definition) is 3. The molecule has 0 radical (unpaired) electrons. The highest BCUT2D eigenvalue weighted by atomic mass is 19.1. The minimum absolute atomic E-state index is 0.0139. The van der Waals surface area contributed by atoms with E-state index in [0.717, 1.165) is 6.07 Å². The number of anilines is 1. The zero-order valence-corrected chi connectivity index (χ0v) is 7.46. The van der Waals surface area contributed by atoms with E-state index >= 15 is 0 Å². The van der Waals surface area contributed by atoms with E-state index in [9.17, 15) is 8.78 Å². The molecule has 15 heavy (non-hydrogen) atoms. The zero-order chi connectivity index (χ0) is 11.0. The van der Waals surface area contributed by atoms with E-state index in [1.807, 2.05) is 0 Å². The maximum atomic E-state index is 13.4. The second-order valence-corrected chi connectivity index (χ2v) is 2.98. The van der Waals surface area contributed by atoms with Gasteiger partial charge >= 0.3 is 0 Å². The fourth-order valence-electron chi connectivity index (χ4n) is 1.36. The Kier molecular flexibility index (Phi) is 1.97. The van der Waals surface area contributed by atoms with E-state index in [1.165, 1.54) is 6.20 Å². The first-order chi connectivity index (χ1) is 7.13. The molecule has 0 aliphatic carbocycles. The molecule has 3 nitrogen and oxygen atoms in total. The second kappa shape index (κ2) is 3.17. The second-order valence-electron chi connectivity index (χ2n) is 2.98. The SMILES string of the molecule is N#Cc1cnc2cc(F)cc(F)c2c1N. The predicted molar refractivity (Wildman–Crippen MR) is 50.8 cm³/mol. The molecule has 1 aromatic heterocycles. The van der Waals surface area contributed by atoms with Gasteiger partial charge in [0.1, 0.15) is 17.7 Å². The number of hydrogen-bond donors (Lipinski definition) is 1. The minimum Gasteiger partial charge on any atom is -0.397 e. The van der Waals surface area contributed by atoms with E-state index in [1.54, 1.807) is 6.07 Å². The van der Waals surface area contributed by atoms with Crippen LogP contribution in [-0.4, -0.2) is 4.98 Å². The van der Waals surface area contributed by atoms with E-state index in [-0.39, 0.29) is 22.2 Å². The normalized spacial score (nSPS) is 10.2. The number of nitrogen functional groups attached to an aromatic ring is 1. The van der Waals surface area contributed by atoms with E-state index in [4.69, 9.17) is 11.0 Å². The Balaban J connectivity index is 2.94. The number of fused-ring (bicyclic) bond motifs is 1. The molecule has 0 aliphatic rings. The molecular formula is C10H5F2N3. The predicted octanol–water partition coefficient (Wildman–Crippen LogP) is 1.97. The molecule has 5 heteroatoms. The van der Waals surface area contributed by atoms with Crippen molar-refractivity contribution >= 4 is 16.6 Å². The summed E-state index contributed by atoms with van der Waals surface area (Å²) < 4.78 is 26.2. The van der Waals surface area contributed by atoms with Crippen molar-refractivity contribution in [1.82, 2.24) is 4.98 Å². The highest BCUT2D eigenvalue weighted by Crippen LogP contribution is 2.25. The molecule has 0 amide bonds. The summed E-state index contributed by atoms with van der Waals surface area (Å²) in [6.45, 7) is 0. The number of aromatic nitrogens is 1. The van der Waals surface area contributed by atoms with Crippen molar-refractivity contribution in [2.75, 3.05) is 5.73 Å². The van der Waals surface area contributed by atoms with Crippen molar-refractivity contribution in [3.8, 4) is 6.07 Å². The average Bonchev–Trinajstić information content (AvgIpc) is 2.17. The van der Waals surface area contributed by atoms with Gasteiger partial charge in [0.15, 0.2) is 0 Å². The molecule has 2 N–H and O–H groups in total. The first-order valence-corrected chi connectivity index (χ1v) is 4.07. The molecule has 0 atom stereocenters. The zero-order valence-electron chi connectivity index (χ0n) is 7.46. The molecule has 2 rings (SSSR count). The van der Waals surface area contributed by atoms with Gasteiger partial charge in [-0.15, -0.1) is 0 Å². The third-order valence-corrected chi connectivity index (χ3v) is 2.05. The summed E-state index contributed by atoms with van der Waals surface area (Å²) in [5.74, 6) is -1.54. The third-order valence-electron chi connectivity index (χ3n) is 2.05. The molecule has 1 aromatic carbocycles. The molecule has 0 bridgehead atoms. The van der Waals surface area contributed by atoms with Crippen molar-refractivity contribution in [2.24, 2.45) is 0 Å². The van der Waals surface area contributed by atoms with Crippen LogP contribution in [0.4, 0.5) is 14.5 Å². The van der Waals surface area contributed by atoms with Crippen LogP contribution < -0.4 is 5.73 Å². The monoisotopic (exact) mass is 205 g/mol. The molecule has 0 fully saturated rings. The Bertz CT molecular complexity index is 587. The Hall–Kier alpha value is -2.22. The first kappa shape index (κ1) is 9.34. The van der Waals surface area contributed by atoms with Gasteiger partial charge in [0.05, 0.1) is 22.2 Å². The van der Waals surface area contributed by atoms with Gasteiger partial charge in [0.25, 0.3) is 0 Å². The average molecular weight is 205 g/mol. The largest absolute Gasteiger partial charge is 0.397 e. The van der Waals surface area contributed by atoms with Crippen molar-refractivity contribution in [3.05, 3.63) is 35.5 Å². The fourth-order valence-corrected chi connectivity index (χ4v) is 1.36. The van der Waals surface area contributed by atoms with E-state index < -0.39 is 11.6 Å². The molecule has 1 heterocycles. The van der Waals surface area contributed by atoms with Crippen LogP contribution in [-0.2, 0) is 0 Å². The van der Waals surface area contributed by atoms with Crippen molar-refractivity contribution in [1.29, 1.82) is 5.26 Å². The molecule has 0 saturated heterocycles. The summed E-state index contributed by atoms with van der Waals surface area (Å²) >= 11 is 0. The summed E-state index contributed by atoms with van der Waals surface area (Å²) in [5, 5.41) is 8.64. The number of halogens is 2. The lowest BCUT2D eigenvalue weighted by molar-refractivity contribution is 0.592. The molecule has 0 unspecified atom stereocenters. The number of benzene rings is 1. The van der Waals surface area contributed by atoms with Gasteiger partial charge in [0.2, 0.25) is 0 Å². The van der Waals surface area contributed by atoms with E-state index in [2.05, 4.69) is 4.98 Å². The number of nitriles is 1. The molecule has 0 spiro atoms. The number of rotatable bonds is 0. The summed E-state index contributed by atoms with van der Waals surface area (Å²) in [4.78, 5) is 3.75. The van der Waals surface area contributed by atoms with Gasteiger partial charge in [-0.05, 0) is 0 Å². The van der Waals surface area contributed by atoms with Gasteiger partial charge in [-0.1, -0.05) is 0 Å². The van der Waals surface area contributed by atoms with Gasteiger partial charge in [-0.25, -0.2) is 8.78 Å². The number of pyridine rings is 1. The topological polar surface area (TPSA) is 62.7 Å². The van der Waals surface area contributed by atoms with Crippen molar-refractivity contribution in [2.45, 2.75) is 0 Å². The lowest BCUT2D eigenvalue weighted by Gasteiger charge is -2.04. The summed E-state index contributed by atoms with van der Waals surface area (Å²) in [5.41, 5.74) is 5.72. The lowest BCUT2D eigenvalue weighted by atomic mass is 10.1. The van der Waals surface area contributed by atoms with Gasteiger partial charge < -0.3 is 5.73 Å². The molecule has 74 valence electrons. The summed E-state index contributed by atoms with van der Waals surface area (Å²) in [6.07, 6.45) is 1.19. The summed E-state index contributed by atoms with van der Waals surface area (Å²) in [7, 11) is 0. The van der Waals surface area contributed by atoms with Gasteiger partial charge in [-0.3, -0.25) is 4.98 Å². The maximum absolute atomic E-state index is 13.4. The standard InChI is InChI=1S/C10H5F2N3/c11-6-1-7(12)9-8(2-6)15-4-5(3-13)10(9)14/h1-2,4H,(H2,14,15). The fraction of sp³-hybridized carbons (Fsp3) is 0. The smallest absolute Gasteiger partial charge is 0.137 e.